The van der Waals surface area contributed by atoms with Crippen molar-refractivity contribution in [2.45, 2.75) is 13.0 Å². The van der Waals surface area contributed by atoms with Gasteiger partial charge in [-0.25, -0.2) is 4.79 Å². The van der Waals surface area contributed by atoms with Gasteiger partial charge in [0.2, 0.25) is 5.76 Å². The van der Waals surface area contributed by atoms with Gasteiger partial charge in [0, 0.05) is 48.4 Å². The molecule has 0 saturated carbocycles. The summed E-state index contributed by atoms with van der Waals surface area (Å²) in [6.07, 6.45) is 0. The van der Waals surface area contributed by atoms with Crippen molar-refractivity contribution in [1.82, 2.24) is 9.03 Å². The SMILES string of the molecule is COc1cc(C#Cc2ccc(N3CCN(S(=O)(=O)NC(C)C(=O)O)CC3)cc2)cc2cc(C(=O)O)oc12. The normalized spacial score (nSPS) is 15.1. The number of ether oxygens (including phenoxy) is 1. The Hall–Kier alpha value is -4.05. The van der Waals surface area contributed by atoms with Crippen molar-refractivity contribution >= 4 is 38.8 Å². The molecule has 1 atom stereocenters. The summed E-state index contributed by atoms with van der Waals surface area (Å²) in [6.45, 7) is 2.64. The molecule has 4 rings (SSSR count). The van der Waals surface area contributed by atoms with Gasteiger partial charge in [-0.3, -0.25) is 4.79 Å². The van der Waals surface area contributed by atoms with Gasteiger partial charge in [0.15, 0.2) is 11.3 Å². The molecular weight excluding hydrogens is 502 g/mol. The van der Waals surface area contributed by atoms with Gasteiger partial charge in [-0.15, -0.1) is 0 Å². The van der Waals surface area contributed by atoms with Crippen LogP contribution in [0, 0.1) is 11.8 Å². The number of aliphatic carboxylic acids is 1. The molecule has 0 radical (unpaired) electrons. The number of methoxy groups -OCH3 is 1. The topological polar surface area (TPSA) is 150 Å². The Morgan fingerprint density at radius 1 is 1.03 bits per heavy atom. The number of fused-ring (bicyclic) bond motifs is 1. The number of nitrogens with zero attached hydrogens (tertiary/aromatic N) is 2. The third-order valence-corrected chi connectivity index (χ3v) is 7.57. The lowest BCUT2D eigenvalue weighted by Gasteiger charge is -2.35. The molecule has 37 heavy (non-hydrogen) atoms. The van der Waals surface area contributed by atoms with Gasteiger partial charge < -0.3 is 24.3 Å². The largest absolute Gasteiger partial charge is 0.493 e. The summed E-state index contributed by atoms with van der Waals surface area (Å²) in [5, 5.41) is 18.7. The molecule has 1 aliphatic heterocycles. The maximum atomic E-state index is 12.4. The number of hydrogen-bond donors (Lipinski definition) is 3. The van der Waals surface area contributed by atoms with Gasteiger partial charge in [-0.1, -0.05) is 11.8 Å². The molecule has 194 valence electrons. The molecule has 3 N–H and O–H groups in total. The highest BCUT2D eigenvalue weighted by molar-refractivity contribution is 7.87. The van der Waals surface area contributed by atoms with Crippen LogP contribution in [0.1, 0.15) is 28.6 Å². The molecule has 1 fully saturated rings. The first-order chi connectivity index (χ1) is 17.6. The van der Waals surface area contributed by atoms with Crippen LogP contribution in [-0.4, -0.2) is 74.2 Å². The zero-order valence-electron chi connectivity index (χ0n) is 20.1. The van der Waals surface area contributed by atoms with E-state index in [1.54, 1.807) is 12.1 Å². The Bertz CT molecular complexity index is 1490. The minimum atomic E-state index is -3.88. The molecule has 0 bridgehead atoms. The summed E-state index contributed by atoms with van der Waals surface area (Å²) in [7, 11) is -2.41. The molecule has 1 aromatic heterocycles. The van der Waals surface area contributed by atoms with Crippen LogP contribution in [0.15, 0.2) is 46.9 Å². The van der Waals surface area contributed by atoms with E-state index in [2.05, 4.69) is 16.6 Å². The second-order valence-electron chi connectivity index (χ2n) is 8.38. The van der Waals surface area contributed by atoms with Gasteiger partial charge >= 0.3 is 11.9 Å². The van der Waals surface area contributed by atoms with E-state index in [9.17, 15) is 18.0 Å². The molecule has 11 nitrogen and oxygen atoms in total. The Kier molecular flexibility index (Phi) is 7.40. The Morgan fingerprint density at radius 3 is 2.27 bits per heavy atom. The number of hydrogen-bond acceptors (Lipinski definition) is 7. The number of carboxylic acids is 2. The Morgan fingerprint density at radius 2 is 1.68 bits per heavy atom. The van der Waals surface area contributed by atoms with Crippen LogP contribution in [0.2, 0.25) is 0 Å². The van der Waals surface area contributed by atoms with Crippen molar-refractivity contribution in [2.75, 3.05) is 38.2 Å². The van der Waals surface area contributed by atoms with E-state index in [0.29, 0.717) is 35.4 Å². The summed E-state index contributed by atoms with van der Waals surface area (Å²) in [5.41, 5.74) is 2.65. The number of nitrogens with one attached hydrogen (secondary N) is 1. The molecule has 1 unspecified atom stereocenters. The van der Waals surface area contributed by atoms with Crippen molar-refractivity contribution < 1.29 is 37.4 Å². The zero-order chi connectivity index (χ0) is 26.7. The molecule has 0 aliphatic carbocycles. The second-order valence-corrected chi connectivity index (χ2v) is 10.1. The van der Waals surface area contributed by atoms with E-state index >= 15 is 0 Å². The van der Waals surface area contributed by atoms with E-state index in [-0.39, 0.29) is 18.8 Å². The van der Waals surface area contributed by atoms with Crippen molar-refractivity contribution in [3.63, 3.8) is 0 Å². The number of rotatable bonds is 7. The first-order valence-electron chi connectivity index (χ1n) is 11.3. The smallest absolute Gasteiger partial charge is 0.371 e. The maximum Gasteiger partial charge on any atom is 0.371 e. The van der Waals surface area contributed by atoms with Crippen LogP contribution >= 0.6 is 0 Å². The molecule has 1 saturated heterocycles. The van der Waals surface area contributed by atoms with E-state index in [4.69, 9.17) is 19.4 Å². The van der Waals surface area contributed by atoms with E-state index in [0.717, 1.165) is 11.3 Å². The minimum Gasteiger partial charge on any atom is -0.493 e. The molecule has 1 aliphatic rings. The van der Waals surface area contributed by atoms with Crippen LogP contribution in [0.25, 0.3) is 11.0 Å². The molecule has 2 heterocycles. The zero-order valence-corrected chi connectivity index (χ0v) is 20.9. The lowest BCUT2D eigenvalue weighted by molar-refractivity contribution is -0.138. The molecule has 0 amide bonds. The fraction of sp³-hybridized carbons (Fsp3) is 0.280. The van der Waals surface area contributed by atoms with Crippen molar-refractivity contribution in [1.29, 1.82) is 0 Å². The average molecular weight is 528 g/mol. The highest BCUT2D eigenvalue weighted by Crippen LogP contribution is 2.30. The van der Waals surface area contributed by atoms with Gasteiger partial charge in [0.1, 0.15) is 6.04 Å². The van der Waals surface area contributed by atoms with Gasteiger partial charge in [-0.2, -0.15) is 17.4 Å². The van der Waals surface area contributed by atoms with Crippen molar-refractivity contribution in [3.05, 3.63) is 59.4 Å². The van der Waals surface area contributed by atoms with Crippen LogP contribution in [0.4, 0.5) is 5.69 Å². The minimum absolute atomic E-state index is 0.182. The van der Waals surface area contributed by atoms with E-state index < -0.39 is 28.2 Å². The molecule has 3 aromatic rings. The fourth-order valence-electron chi connectivity index (χ4n) is 3.88. The number of carbonyl (C=O) groups is 2. The predicted octanol–water partition coefficient (Wildman–Crippen LogP) is 1.97. The highest BCUT2D eigenvalue weighted by Gasteiger charge is 2.29. The Balaban J connectivity index is 1.43. The summed E-state index contributed by atoms with van der Waals surface area (Å²) in [4.78, 5) is 24.2. The fourth-order valence-corrected chi connectivity index (χ4v) is 5.23. The van der Waals surface area contributed by atoms with Crippen LogP contribution in [-0.2, 0) is 15.0 Å². The molecular formula is C25H25N3O8S. The van der Waals surface area contributed by atoms with E-state index in [1.807, 2.05) is 29.2 Å². The quantitative estimate of drug-likeness (QED) is 0.392. The molecule has 0 spiro atoms. The van der Waals surface area contributed by atoms with Crippen LogP contribution in [0.5, 0.6) is 5.75 Å². The van der Waals surface area contributed by atoms with Crippen molar-refractivity contribution in [2.24, 2.45) is 0 Å². The van der Waals surface area contributed by atoms with Crippen LogP contribution < -0.4 is 14.4 Å². The monoisotopic (exact) mass is 527 g/mol. The van der Waals surface area contributed by atoms with Gasteiger partial charge in [0.25, 0.3) is 10.2 Å². The van der Waals surface area contributed by atoms with Crippen LogP contribution in [0.3, 0.4) is 0 Å². The predicted molar refractivity (Wildman–Crippen MR) is 135 cm³/mol. The van der Waals surface area contributed by atoms with Gasteiger partial charge in [0.05, 0.1) is 7.11 Å². The number of anilines is 1. The number of carboxylic acid groups (broad SMARTS) is 2. The first kappa shape index (κ1) is 26.0. The molecule has 2 aromatic carbocycles. The standard InChI is InChI=1S/C25H25N3O8S/c1-16(24(29)30)26-37(33,34)28-11-9-27(10-12-28)20-7-5-17(6-8-20)3-4-18-13-19-15-22(25(31)32)36-23(19)21(14-18)35-2/h5-8,13-16,26H,9-12H2,1-2H3,(H,29,30)(H,31,32). The third kappa shape index (κ3) is 5.86. The number of benzene rings is 2. The first-order valence-corrected chi connectivity index (χ1v) is 12.7. The number of piperazine rings is 1. The summed E-state index contributed by atoms with van der Waals surface area (Å²) < 4.78 is 38.9. The van der Waals surface area contributed by atoms with Gasteiger partial charge in [-0.05, 0) is 49.4 Å². The lowest BCUT2D eigenvalue weighted by Crippen LogP contribution is -2.54. The second kappa shape index (κ2) is 10.5. The summed E-state index contributed by atoms with van der Waals surface area (Å²) >= 11 is 0. The number of aromatic carboxylic acids is 1. The summed E-state index contributed by atoms with van der Waals surface area (Å²) in [5.74, 6) is 3.93. The third-order valence-electron chi connectivity index (χ3n) is 5.87. The maximum absolute atomic E-state index is 12.4. The lowest BCUT2D eigenvalue weighted by atomic mass is 10.1. The number of furan rings is 1. The van der Waals surface area contributed by atoms with E-state index in [1.165, 1.54) is 24.4 Å². The highest BCUT2D eigenvalue weighted by atomic mass is 32.2. The average Bonchev–Trinajstić information content (AvgIpc) is 3.32. The Labute approximate surface area is 213 Å². The van der Waals surface area contributed by atoms with Crippen molar-refractivity contribution in [3.8, 4) is 17.6 Å². The molecule has 12 heteroatoms. The summed E-state index contributed by atoms with van der Waals surface area (Å²) in [6, 6.07) is 11.1.